The minimum atomic E-state index is 0.436. The molecule has 0 unspecified atom stereocenters. The third-order valence-electron chi connectivity index (χ3n) is 2.50. The van der Waals surface area contributed by atoms with Crippen LogP contribution in [0.3, 0.4) is 0 Å². The van der Waals surface area contributed by atoms with Crippen molar-refractivity contribution in [2.45, 2.75) is 60.8 Å². The molecule has 0 aromatic rings. The lowest BCUT2D eigenvalue weighted by Gasteiger charge is -2.25. The summed E-state index contributed by atoms with van der Waals surface area (Å²) in [5, 5.41) is 0. The van der Waals surface area contributed by atoms with E-state index < -0.39 is 0 Å². The van der Waals surface area contributed by atoms with Crippen molar-refractivity contribution in [2.75, 3.05) is 0 Å². The van der Waals surface area contributed by atoms with Crippen LogP contribution in [0.2, 0.25) is 0 Å². The van der Waals surface area contributed by atoms with Crippen LogP contribution < -0.4 is 0 Å². The number of hydrogen-bond acceptors (Lipinski definition) is 0. The first-order valence-electron chi connectivity index (χ1n) is 5.11. The zero-order valence-electron chi connectivity index (χ0n) is 9.70. The lowest BCUT2D eigenvalue weighted by atomic mass is 9.81. The van der Waals surface area contributed by atoms with Crippen molar-refractivity contribution >= 4 is 0 Å². The Balaban J connectivity index is 3.57. The van der Waals surface area contributed by atoms with Gasteiger partial charge in [-0.25, -0.2) is 0 Å². The highest BCUT2D eigenvalue weighted by Gasteiger charge is 2.17. The molecular formula is C12H25. The molecular weight excluding hydrogens is 144 g/mol. The number of hydrogen-bond donors (Lipinski definition) is 0. The summed E-state index contributed by atoms with van der Waals surface area (Å²) < 4.78 is 0. The van der Waals surface area contributed by atoms with Crippen molar-refractivity contribution in [1.82, 2.24) is 0 Å². The van der Waals surface area contributed by atoms with E-state index in [0.29, 0.717) is 10.8 Å². The lowest BCUT2D eigenvalue weighted by molar-refractivity contribution is 0.340. The summed E-state index contributed by atoms with van der Waals surface area (Å²) in [4.78, 5) is 0. The highest BCUT2D eigenvalue weighted by molar-refractivity contribution is 4.84. The van der Waals surface area contributed by atoms with E-state index in [9.17, 15) is 0 Å². The van der Waals surface area contributed by atoms with Gasteiger partial charge in [0.25, 0.3) is 0 Å². The molecule has 0 saturated heterocycles. The van der Waals surface area contributed by atoms with Gasteiger partial charge >= 0.3 is 0 Å². The van der Waals surface area contributed by atoms with E-state index >= 15 is 0 Å². The van der Waals surface area contributed by atoms with Gasteiger partial charge in [0.15, 0.2) is 0 Å². The molecule has 12 heavy (non-hydrogen) atoms. The first-order valence-corrected chi connectivity index (χ1v) is 5.11. The van der Waals surface area contributed by atoms with Crippen molar-refractivity contribution in [2.24, 2.45) is 10.8 Å². The summed E-state index contributed by atoms with van der Waals surface area (Å²) >= 11 is 0. The zero-order chi connectivity index (χ0) is 9.83. The second kappa shape index (κ2) is 4.30. The summed E-state index contributed by atoms with van der Waals surface area (Å²) in [5.41, 5.74) is 0.922. The first-order chi connectivity index (χ1) is 5.27. The maximum atomic E-state index is 2.47. The molecule has 73 valence electrons. The third-order valence-corrected chi connectivity index (χ3v) is 2.50. The average Bonchev–Trinajstić information content (AvgIpc) is 1.84. The highest BCUT2D eigenvalue weighted by atomic mass is 14.2. The molecule has 0 fully saturated rings. The van der Waals surface area contributed by atoms with Gasteiger partial charge in [-0.15, -0.1) is 0 Å². The smallest absolute Gasteiger partial charge is 0.0326 e. The van der Waals surface area contributed by atoms with Crippen LogP contribution in [0, 0.1) is 17.3 Å². The van der Waals surface area contributed by atoms with Crippen LogP contribution in [0.1, 0.15) is 60.8 Å². The van der Waals surface area contributed by atoms with Crippen molar-refractivity contribution in [3.8, 4) is 0 Å². The Morgan fingerprint density at radius 3 is 1.83 bits per heavy atom. The van der Waals surface area contributed by atoms with E-state index in [4.69, 9.17) is 0 Å². The Hall–Kier alpha value is 0. The quantitative estimate of drug-likeness (QED) is 0.583. The molecule has 0 aliphatic rings. The fourth-order valence-corrected chi connectivity index (χ4v) is 1.04. The predicted octanol–water partition coefficient (Wildman–Crippen LogP) is 4.45. The largest absolute Gasteiger partial charge is 0.0649 e. The molecule has 0 bridgehead atoms. The van der Waals surface area contributed by atoms with E-state index in [0.717, 1.165) is 0 Å². The molecule has 0 saturated carbocycles. The maximum absolute atomic E-state index is 2.47. The van der Waals surface area contributed by atoms with Gasteiger partial charge in [-0.1, -0.05) is 48.0 Å². The molecule has 0 aliphatic carbocycles. The van der Waals surface area contributed by atoms with Gasteiger partial charge < -0.3 is 0 Å². The van der Waals surface area contributed by atoms with Crippen molar-refractivity contribution in [3.63, 3.8) is 0 Å². The molecule has 1 radical (unpaired) electrons. The minimum absolute atomic E-state index is 0.436. The van der Waals surface area contributed by atoms with E-state index in [1.807, 2.05) is 0 Å². The minimum Gasteiger partial charge on any atom is -0.0649 e. The summed E-state index contributed by atoms with van der Waals surface area (Å²) in [5.74, 6) is 0. The van der Waals surface area contributed by atoms with Crippen LogP contribution in [0.15, 0.2) is 0 Å². The van der Waals surface area contributed by atoms with Crippen LogP contribution in [-0.4, -0.2) is 0 Å². The Kier molecular flexibility index (Phi) is 4.30. The van der Waals surface area contributed by atoms with Gasteiger partial charge in [0.1, 0.15) is 0 Å². The number of rotatable bonds is 4. The maximum Gasteiger partial charge on any atom is -0.0326 e. The highest BCUT2D eigenvalue weighted by Crippen LogP contribution is 2.29. The van der Waals surface area contributed by atoms with Gasteiger partial charge in [-0.2, -0.15) is 0 Å². The molecule has 0 amide bonds. The monoisotopic (exact) mass is 169 g/mol. The van der Waals surface area contributed by atoms with Gasteiger partial charge in [0.05, 0.1) is 0 Å². The van der Waals surface area contributed by atoms with Crippen molar-refractivity contribution in [1.29, 1.82) is 0 Å². The van der Waals surface area contributed by atoms with Crippen LogP contribution in [0.5, 0.6) is 0 Å². The molecule has 0 N–H and O–H groups in total. The fourth-order valence-electron chi connectivity index (χ4n) is 1.04. The fraction of sp³-hybridized carbons (Fsp3) is 0.917. The molecule has 0 heteroatoms. The molecule has 0 nitrogen and oxygen atoms in total. The van der Waals surface area contributed by atoms with E-state index in [1.54, 1.807) is 0 Å². The van der Waals surface area contributed by atoms with E-state index in [-0.39, 0.29) is 0 Å². The van der Waals surface area contributed by atoms with Crippen LogP contribution in [-0.2, 0) is 0 Å². The second-order valence-electron chi connectivity index (χ2n) is 5.65. The van der Waals surface area contributed by atoms with E-state index in [2.05, 4.69) is 48.0 Å². The molecule has 0 rings (SSSR count). The zero-order valence-corrected chi connectivity index (χ0v) is 9.70. The summed E-state index contributed by atoms with van der Waals surface area (Å²) in [7, 11) is 0. The Labute approximate surface area is 78.8 Å². The van der Waals surface area contributed by atoms with Gasteiger partial charge in [0.2, 0.25) is 0 Å². The van der Waals surface area contributed by atoms with Gasteiger partial charge in [-0.3, -0.25) is 0 Å². The molecule has 0 aromatic heterocycles. The van der Waals surface area contributed by atoms with Crippen molar-refractivity contribution < 1.29 is 0 Å². The summed E-state index contributed by atoms with van der Waals surface area (Å²) in [6.45, 7) is 13.8. The van der Waals surface area contributed by atoms with Gasteiger partial charge in [-0.05, 0) is 30.1 Å². The standard InChI is InChI=1S/C12H25/c1-7-12(5,6)10-8-9-11(2,3)4/h10H,7-9H2,1-6H3. The molecule has 0 aliphatic heterocycles. The summed E-state index contributed by atoms with van der Waals surface area (Å²) in [6.07, 6.45) is 6.27. The average molecular weight is 169 g/mol. The predicted molar refractivity (Wildman–Crippen MR) is 57.1 cm³/mol. The van der Waals surface area contributed by atoms with E-state index in [1.165, 1.54) is 19.3 Å². The SMILES string of the molecule is CCC(C)(C)[CH]CCC(C)(C)C. The normalized spacial score (nSPS) is 13.5. The van der Waals surface area contributed by atoms with Crippen LogP contribution in [0.4, 0.5) is 0 Å². The topological polar surface area (TPSA) is 0 Å². The Morgan fingerprint density at radius 2 is 1.50 bits per heavy atom. The summed E-state index contributed by atoms with van der Waals surface area (Å²) in [6, 6.07) is 0. The molecule has 0 atom stereocenters. The third kappa shape index (κ3) is 6.69. The molecule has 0 spiro atoms. The second-order valence-corrected chi connectivity index (χ2v) is 5.65. The van der Waals surface area contributed by atoms with Crippen molar-refractivity contribution in [3.05, 3.63) is 6.42 Å². The Bertz CT molecular complexity index is 114. The van der Waals surface area contributed by atoms with Gasteiger partial charge in [0, 0.05) is 0 Å². The van der Waals surface area contributed by atoms with Crippen LogP contribution in [0.25, 0.3) is 0 Å². The Morgan fingerprint density at radius 1 is 1.00 bits per heavy atom. The van der Waals surface area contributed by atoms with Crippen LogP contribution >= 0.6 is 0 Å². The molecule has 0 heterocycles. The lowest BCUT2D eigenvalue weighted by Crippen LogP contribution is -2.12. The first kappa shape index (κ1) is 12.0. The molecule has 0 aromatic carbocycles.